The minimum absolute atomic E-state index is 0.143. The molecule has 1 saturated carbocycles. The molecule has 0 saturated heterocycles. The van der Waals surface area contributed by atoms with E-state index in [-0.39, 0.29) is 12.8 Å². The summed E-state index contributed by atoms with van der Waals surface area (Å²) in [6, 6.07) is 0. The molecule has 0 heterocycles. The first-order valence-electron chi connectivity index (χ1n) is 3.25. The Balaban J connectivity index is 2.76. The van der Waals surface area contributed by atoms with E-state index >= 15 is 0 Å². The normalized spacial score (nSPS) is 19.4. The van der Waals surface area contributed by atoms with Crippen molar-refractivity contribution in [3.05, 3.63) is 0 Å². The average molecular weight is 188 g/mol. The number of carbonyl (C=O) groups is 1. The van der Waals surface area contributed by atoms with Crippen LogP contribution in [0.4, 0.5) is 22.0 Å². The zero-order chi connectivity index (χ0) is 9.57. The van der Waals surface area contributed by atoms with E-state index in [2.05, 4.69) is 0 Å². The highest BCUT2D eigenvalue weighted by Gasteiger charge is 2.65. The lowest BCUT2D eigenvalue weighted by molar-refractivity contribution is -0.269. The third-order valence-corrected chi connectivity index (χ3v) is 1.61. The van der Waals surface area contributed by atoms with Gasteiger partial charge >= 0.3 is 12.1 Å². The monoisotopic (exact) mass is 188 g/mol. The van der Waals surface area contributed by atoms with Crippen LogP contribution in [0, 0.1) is 5.92 Å². The SMILES string of the molecule is O=C(C1CC1)C(F)(F)C(F)(F)F. The van der Waals surface area contributed by atoms with E-state index in [1.165, 1.54) is 0 Å². The minimum Gasteiger partial charge on any atom is -0.292 e. The maximum absolute atomic E-state index is 12.1. The highest BCUT2D eigenvalue weighted by molar-refractivity contribution is 5.90. The van der Waals surface area contributed by atoms with Gasteiger partial charge in [-0.1, -0.05) is 0 Å². The highest BCUT2D eigenvalue weighted by Crippen LogP contribution is 2.43. The third kappa shape index (κ3) is 1.42. The lowest BCUT2D eigenvalue weighted by Gasteiger charge is -2.17. The first kappa shape index (κ1) is 9.41. The fourth-order valence-electron chi connectivity index (χ4n) is 0.742. The van der Waals surface area contributed by atoms with E-state index in [0.717, 1.165) is 0 Å². The van der Waals surface area contributed by atoms with Crippen LogP contribution in [0.5, 0.6) is 0 Å². The molecule has 6 heteroatoms. The molecular weight excluding hydrogens is 183 g/mol. The molecule has 1 fully saturated rings. The Hall–Kier alpha value is -0.680. The topological polar surface area (TPSA) is 17.1 Å². The molecule has 1 aliphatic rings. The number of alkyl halides is 5. The molecule has 1 nitrogen and oxygen atoms in total. The maximum atomic E-state index is 12.1. The predicted molar refractivity (Wildman–Crippen MR) is 28.7 cm³/mol. The first-order chi connectivity index (χ1) is 5.27. The number of hydrogen-bond acceptors (Lipinski definition) is 1. The van der Waals surface area contributed by atoms with Crippen LogP contribution < -0.4 is 0 Å². The number of hydrogen-bond donors (Lipinski definition) is 0. The molecule has 0 aromatic rings. The Kier molecular flexibility index (Phi) is 1.88. The summed E-state index contributed by atoms with van der Waals surface area (Å²) in [5.74, 6) is -8.23. The van der Waals surface area contributed by atoms with Gasteiger partial charge in [-0.2, -0.15) is 22.0 Å². The van der Waals surface area contributed by atoms with Crippen molar-refractivity contribution in [3.8, 4) is 0 Å². The Labute approximate surface area is 64.5 Å². The molecule has 0 aromatic carbocycles. The van der Waals surface area contributed by atoms with Crippen LogP contribution in [0.15, 0.2) is 0 Å². The second kappa shape index (κ2) is 2.40. The number of halogens is 5. The van der Waals surface area contributed by atoms with E-state index in [9.17, 15) is 26.7 Å². The molecule has 0 bridgehead atoms. The summed E-state index contributed by atoms with van der Waals surface area (Å²) in [5.41, 5.74) is 0. The standard InChI is InChI=1S/C6H5F5O/c7-5(8,6(9,10)11)4(12)3-1-2-3/h3H,1-2H2. The molecule has 0 N–H and O–H groups in total. The van der Waals surface area contributed by atoms with Gasteiger partial charge in [-0.05, 0) is 12.8 Å². The van der Waals surface area contributed by atoms with Gasteiger partial charge in [-0.25, -0.2) is 0 Å². The Morgan fingerprint density at radius 1 is 1.08 bits per heavy atom. The van der Waals surface area contributed by atoms with Crippen LogP contribution in [0.2, 0.25) is 0 Å². The first-order valence-corrected chi connectivity index (χ1v) is 3.25. The average Bonchev–Trinajstić information content (AvgIpc) is 2.64. The largest absolute Gasteiger partial charge is 0.461 e. The van der Waals surface area contributed by atoms with Gasteiger partial charge in [-0.15, -0.1) is 0 Å². The molecule has 0 radical (unpaired) electrons. The third-order valence-electron chi connectivity index (χ3n) is 1.61. The molecule has 0 unspecified atom stereocenters. The lowest BCUT2D eigenvalue weighted by Crippen LogP contribution is -2.44. The van der Waals surface area contributed by atoms with Crippen LogP contribution in [0.1, 0.15) is 12.8 Å². The van der Waals surface area contributed by atoms with Gasteiger partial charge < -0.3 is 0 Å². The number of carbonyl (C=O) groups excluding carboxylic acids is 1. The van der Waals surface area contributed by atoms with Crippen molar-refractivity contribution in [1.82, 2.24) is 0 Å². The second-order valence-electron chi connectivity index (χ2n) is 2.71. The summed E-state index contributed by atoms with van der Waals surface area (Å²) < 4.78 is 58.8. The van der Waals surface area contributed by atoms with Gasteiger partial charge in [0.2, 0.25) is 5.78 Å². The van der Waals surface area contributed by atoms with Crippen LogP contribution in [-0.4, -0.2) is 17.9 Å². The van der Waals surface area contributed by atoms with Gasteiger partial charge in [0.05, 0.1) is 0 Å². The van der Waals surface area contributed by atoms with Gasteiger partial charge in [0.25, 0.3) is 0 Å². The summed E-state index contributed by atoms with van der Waals surface area (Å²) >= 11 is 0. The molecule has 0 aliphatic heterocycles. The maximum Gasteiger partial charge on any atom is 0.461 e. The number of Topliss-reactive ketones (excluding diaryl/α,β-unsaturated/α-hetero) is 1. The quantitative estimate of drug-likeness (QED) is 0.607. The van der Waals surface area contributed by atoms with Gasteiger partial charge in [0.1, 0.15) is 0 Å². The van der Waals surface area contributed by atoms with E-state index in [1.807, 2.05) is 0 Å². The van der Waals surface area contributed by atoms with E-state index in [4.69, 9.17) is 0 Å². The summed E-state index contributed by atoms with van der Waals surface area (Å²) in [6.07, 6.45) is -5.46. The van der Waals surface area contributed by atoms with Gasteiger partial charge in [-0.3, -0.25) is 4.79 Å². The fraction of sp³-hybridized carbons (Fsp3) is 0.833. The zero-order valence-electron chi connectivity index (χ0n) is 5.79. The van der Waals surface area contributed by atoms with Gasteiger partial charge in [0, 0.05) is 5.92 Å². The second-order valence-corrected chi connectivity index (χ2v) is 2.71. The molecule has 0 amide bonds. The minimum atomic E-state index is -5.74. The summed E-state index contributed by atoms with van der Waals surface area (Å²) in [4.78, 5) is 10.4. The fourth-order valence-corrected chi connectivity index (χ4v) is 0.742. The molecule has 12 heavy (non-hydrogen) atoms. The Morgan fingerprint density at radius 3 is 1.75 bits per heavy atom. The van der Waals surface area contributed by atoms with Crippen molar-refractivity contribution in [2.45, 2.75) is 24.9 Å². The molecule has 0 aromatic heterocycles. The highest BCUT2D eigenvalue weighted by atomic mass is 19.4. The molecule has 1 rings (SSSR count). The van der Waals surface area contributed by atoms with E-state index in [1.54, 1.807) is 0 Å². The van der Waals surface area contributed by atoms with Crippen molar-refractivity contribution < 1.29 is 26.7 Å². The molecule has 0 spiro atoms. The van der Waals surface area contributed by atoms with Crippen LogP contribution >= 0.6 is 0 Å². The zero-order valence-corrected chi connectivity index (χ0v) is 5.79. The van der Waals surface area contributed by atoms with Crippen LogP contribution in [0.3, 0.4) is 0 Å². The van der Waals surface area contributed by atoms with E-state index in [0.29, 0.717) is 0 Å². The van der Waals surface area contributed by atoms with E-state index < -0.39 is 23.8 Å². The molecule has 70 valence electrons. The van der Waals surface area contributed by atoms with Crippen molar-refractivity contribution in [2.75, 3.05) is 0 Å². The Morgan fingerprint density at radius 2 is 1.50 bits per heavy atom. The number of rotatable bonds is 2. The van der Waals surface area contributed by atoms with Crippen LogP contribution in [-0.2, 0) is 4.79 Å². The molecule has 1 aliphatic carbocycles. The summed E-state index contributed by atoms with van der Waals surface area (Å²) in [5, 5.41) is 0. The molecular formula is C6H5F5O. The number of ketones is 1. The van der Waals surface area contributed by atoms with Crippen LogP contribution in [0.25, 0.3) is 0 Å². The predicted octanol–water partition coefficient (Wildman–Crippen LogP) is 2.16. The van der Waals surface area contributed by atoms with Crippen molar-refractivity contribution in [1.29, 1.82) is 0 Å². The summed E-state index contributed by atoms with van der Waals surface area (Å²) in [7, 11) is 0. The smallest absolute Gasteiger partial charge is 0.292 e. The lowest BCUT2D eigenvalue weighted by atomic mass is 10.1. The van der Waals surface area contributed by atoms with Gasteiger partial charge in [0.15, 0.2) is 0 Å². The Bertz CT molecular complexity index is 202. The van der Waals surface area contributed by atoms with Crippen molar-refractivity contribution in [3.63, 3.8) is 0 Å². The van der Waals surface area contributed by atoms with Crippen molar-refractivity contribution in [2.24, 2.45) is 5.92 Å². The summed E-state index contributed by atoms with van der Waals surface area (Å²) in [6.45, 7) is 0. The molecule has 0 atom stereocenters. The van der Waals surface area contributed by atoms with Crippen molar-refractivity contribution >= 4 is 5.78 Å².